The quantitative estimate of drug-likeness (QED) is 0.607. The van der Waals surface area contributed by atoms with Gasteiger partial charge in [0.05, 0.1) is 5.71 Å². The van der Waals surface area contributed by atoms with Gasteiger partial charge in [-0.2, -0.15) is 0 Å². The topological polar surface area (TPSA) is 112 Å². The zero-order valence-corrected chi connectivity index (χ0v) is 14.0. The lowest BCUT2D eigenvalue weighted by Gasteiger charge is -2.06. The summed E-state index contributed by atoms with van der Waals surface area (Å²) in [4.78, 5) is 28.0. The van der Waals surface area contributed by atoms with E-state index in [1.807, 2.05) is 6.07 Å². The molecule has 1 aliphatic rings. The van der Waals surface area contributed by atoms with Crippen LogP contribution in [-0.2, 0) is 9.63 Å². The van der Waals surface area contributed by atoms with E-state index in [2.05, 4.69) is 10.5 Å². The third-order valence-corrected chi connectivity index (χ3v) is 3.64. The molecule has 8 nitrogen and oxygen atoms in total. The summed E-state index contributed by atoms with van der Waals surface area (Å²) in [5.74, 6) is 0.428. The summed E-state index contributed by atoms with van der Waals surface area (Å²) in [6.45, 7) is 1.71. The summed E-state index contributed by atoms with van der Waals surface area (Å²) in [6, 6.07) is 11.6. The van der Waals surface area contributed by atoms with Crippen LogP contribution in [-0.4, -0.2) is 30.9 Å². The number of primary amides is 1. The van der Waals surface area contributed by atoms with E-state index in [1.54, 1.807) is 31.2 Å². The SMILES string of the molecule is C/C(=N/OCC(=O)Nc1ccc(C(N)=O)cc1)c1ccc2c(c1)OCO2. The van der Waals surface area contributed by atoms with E-state index < -0.39 is 5.91 Å². The van der Waals surface area contributed by atoms with Crippen LogP contribution >= 0.6 is 0 Å². The Morgan fingerprint density at radius 3 is 2.54 bits per heavy atom. The van der Waals surface area contributed by atoms with E-state index in [0.29, 0.717) is 28.5 Å². The van der Waals surface area contributed by atoms with Crippen molar-refractivity contribution in [1.82, 2.24) is 0 Å². The maximum absolute atomic E-state index is 11.9. The summed E-state index contributed by atoms with van der Waals surface area (Å²) >= 11 is 0. The predicted octanol–water partition coefficient (Wildman–Crippen LogP) is 1.89. The number of nitrogens with two attached hydrogens (primary N) is 1. The van der Waals surface area contributed by atoms with Crippen molar-refractivity contribution < 1.29 is 23.9 Å². The van der Waals surface area contributed by atoms with Crippen molar-refractivity contribution in [3.05, 3.63) is 53.6 Å². The Bertz CT molecular complexity index is 862. The van der Waals surface area contributed by atoms with Crippen LogP contribution in [0.15, 0.2) is 47.6 Å². The Kier molecular flexibility index (Phi) is 5.02. The Hall–Kier alpha value is -3.55. The van der Waals surface area contributed by atoms with Gasteiger partial charge in [-0.25, -0.2) is 0 Å². The summed E-state index contributed by atoms with van der Waals surface area (Å²) in [5.41, 5.74) is 7.45. The zero-order valence-electron chi connectivity index (χ0n) is 14.0. The summed E-state index contributed by atoms with van der Waals surface area (Å²) in [6.07, 6.45) is 0. The van der Waals surface area contributed by atoms with E-state index >= 15 is 0 Å². The number of anilines is 1. The van der Waals surface area contributed by atoms with Gasteiger partial charge < -0.3 is 25.4 Å². The minimum Gasteiger partial charge on any atom is -0.454 e. The minimum absolute atomic E-state index is 0.200. The Labute approximate surface area is 149 Å². The zero-order chi connectivity index (χ0) is 18.5. The van der Waals surface area contributed by atoms with Crippen LogP contribution in [0.3, 0.4) is 0 Å². The van der Waals surface area contributed by atoms with E-state index in [4.69, 9.17) is 20.0 Å². The van der Waals surface area contributed by atoms with Gasteiger partial charge in [-0.05, 0) is 49.4 Å². The second kappa shape index (κ2) is 7.56. The molecule has 1 heterocycles. The molecule has 0 unspecified atom stereocenters. The molecule has 3 N–H and O–H groups in total. The molecule has 0 fully saturated rings. The highest BCUT2D eigenvalue weighted by molar-refractivity contribution is 5.99. The molecule has 0 saturated heterocycles. The lowest BCUT2D eigenvalue weighted by atomic mass is 10.1. The molecular weight excluding hydrogens is 338 g/mol. The first-order chi connectivity index (χ1) is 12.5. The Balaban J connectivity index is 1.52. The Morgan fingerprint density at radius 2 is 1.81 bits per heavy atom. The van der Waals surface area contributed by atoms with Crippen molar-refractivity contribution in [3.8, 4) is 11.5 Å². The molecule has 0 aromatic heterocycles. The fourth-order valence-corrected chi connectivity index (χ4v) is 2.28. The van der Waals surface area contributed by atoms with Gasteiger partial charge in [0.25, 0.3) is 5.91 Å². The van der Waals surface area contributed by atoms with Crippen LogP contribution in [0.1, 0.15) is 22.8 Å². The van der Waals surface area contributed by atoms with Crippen molar-refractivity contribution in [1.29, 1.82) is 0 Å². The smallest absolute Gasteiger partial charge is 0.265 e. The molecule has 2 aromatic carbocycles. The molecule has 0 saturated carbocycles. The number of rotatable bonds is 6. The summed E-state index contributed by atoms with van der Waals surface area (Å²) in [5, 5.41) is 6.57. The second-order valence-electron chi connectivity index (χ2n) is 5.51. The fourth-order valence-electron chi connectivity index (χ4n) is 2.28. The average Bonchev–Trinajstić information content (AvgIpc) is 3.09. The van der Waals surface area contributed by atoms with Crippen LogP contribution in [0.25, 0.3) is 0 Å². The fraction of sp³-hybridized carbons (Fsp3) is 0.167. The molecule has 0 aliphatic carbocycles. The number of hydrogen-bond acceptors (Lipinski definition) is 6. The van der Waals surface area contributed by atoms with Crippen LogP contribution in [0.5, 0.6) is 11.5 Å². The van der Waals surface area contributed by atoms with Gasteiger partial charge in [0.1, 0.15) is 0 Å². The third kappa shape index (κ3) is 4.10. The van der Waals surface area contributed by atoms with Crippen LogP contribution in [0, 0.1) is 0 Å². The van der Waals surface area contributed by atoms with Gasteiger partial charge >= 0.3 is 0 Å². The molecular formula is C18H17N3O5. The molecule has 3 rings (SSSR count). The number of nitrogens with zero attached hydrogens (tertiary/aromatic N) is 1. The lowest BCUT2D eigenvalue weighted by molar-refractivity contribution is -0.120. The van der Waals surface area contributed by atoms with Crippen LogP contribution in [0.4, 0.5) is 5.69 Å². The highest BCUT2D eigenvalue weighted by Crippen LogP contribution is 2.32. The largest absolute Gasteiger partial charge is 0.454 e. The first kappa shape index (κ1) is 17.3. The molecule has 0 radical (unpaired) electrons. The number of nitrogens with one attached hydrogen (secondary N) is 1. The van der Waals surface area contributed by atoms with Gasteiger partial charge in [-0.15, -0.1) is 0 Å². The number of carbonyl (C=O) groups is 2. The number of oxime groups is 1. The normalized spacial score (nSPS) is 12.6. The van der Waals surface area contributed by atoms with Crippen molar-refractivity contribution in [3.63, 3.8) is 0 Å². The molecule has 1 aliphatic heterocycles. The minimum atomic E-state index is -0.528. The van der Waals surface area contributed by atoms with Gasteiger partial charge in [0, 0.05) is 16.8 Å². The first-order valence-corrected chi connectivity index (χ1v) is 7.79. The number of hydrogen-bond donors (Lipinski definition) is 2. The number of ether oxygens (including phenoxy) is 2. The number of carbonyl (C=O) groups excluding carboxylic acids is 2. The van der Waals surface area contributed by atoms with Crippen LogP contribution in [0.2, 0.25) is 0 Å². The molecule has 2 amide bonds. The first-order valence-electron chi connectivity index (χ1n) is 7.79. The number of fused-ring (bicyclic) bond motifs is 1. The molecule has 134 valence electrons. The van der Waals surface area contributed by atoms with E-state index in [1.165, 1.54) is 12.1 Å². The van der Waals surface area contributed by atoms with Gasteiger partial charge in [0.2, 0.25) is 12.7 Å². The molecule has 0 bridgehead atoms. The monoisotopic (exact) mass is 355 g/mol. The van der Waals surface area contributed by atoms with E-state index in [9.17, 15) is 9.59 Å². The van der Waals surface area contributed by atoms with Crippen molar-refractivity contribution >= 4 is 23.2 Å². The standard InChI is InChI=1S/C18H17N3O5/c1-11(13-4-7-15-16(8-13)25-10-24-15)21-26-9-17(22)20-14-5-2-12(3-6-14)18(19)23/h2-8H,9-10H2,1H3,(H2,19,23)(H,20,22)/b21-11-. The van der Waals surface area contributed by atoms with Crippen molar-refractivity contribution in [2.24, 2.45) is 10.9 Å². The molecule has 0 spiro atoms. The lowest BCUT2D eigenvalue weighted by Crippen LogP contribution is -2.17. The van der Waals surface area contributed by atoms with Gasteiger partial charge in [-0.3, -0.25) is 9.59 Å². The Morgan fingerprint density at radius 1 is 1.12 bits per heavy atom. The van der Waals surface area contributed by atoms with Gasteiger partial charge in [0.15, 0.2) is 18.1 Å². The van der Waals surface area contributed by atoms with E-state index in [0.717, 1.165) is 5.56 Å². The molecule has 2 aromatic rings. The molecule has 8 heteroatoms. The molecule has 0 atom stereocenters. The summed E-state index contributed by atoms with van der Waals surface area (Å²) in [7, 11) is 0. The summed E-state index contributed by atoms with van der Waals surface area (Å²) < 4.78 is 10.6. The maximum atomic E-state index is 11.9. The number of benzene rings is 2. The average molecular weight is 355 g/mol. The predicted molar refractivity (Wildman–Crippen MR) is 94.3 cm³/mol. The van der Waals surface area contributed by atoms with Crippen molar-refractivity contribution in [2.45, 2.75) is 6.92 Å². The third-order valence-electron chi connectivity index (χ3n) is 3.64. The van der Waals surface area contributed by atoms with E-state index in [-0.39, 0.29) is 19.3 Å². The van der Waals surface area contributed by atoms with Gasteiger partial charge in [-0.1, -0.05) is 5.16 Å². The van der Waals surface area contributed by atoms with Crippen molar-refractivity contribution in [2.75, 3.05) is 18.7 Å². The number of amides is 2. The molecule has 26 heavy (non-hydrogen) atoms. The highest BCUT2D eigenvalue weighted by Gasteiger charge is 2.14. The highest BCUT2D eigenvalue weighted by atomic mass is 16.7. The maximum Gasteiger partial charge on any atom is 0.265 e. The van der Waals surface area contributed by atoms with Crippen LogP contribution < -0.4 is 20.5 Å². The second-order valence-corrected chi connectivity index (χ2v) is 5.51.